The topological polar surface area (TPSA) is 59.6 Å². The number of thiocarbonyl (C=S) groups is 1. The van der Waals surface area contributed by atoms with Crippen LogP contribution in [0.25, 0.3) is 0 Å². The van der Waals surface area contributed by atoms with Gasteiger partial charge in [-0.2, -0.15) is 0 Å². The van der Waals surface area contributed by atoms with E-state index in [1.165, 1.54) is 7.11 Å². The molecule has 5 nitrogen and oxygen atoms in total. The molecule has 2 aromatic rings. The number of nitrogens with one attached hydrogen (secondary N) is 2. The molecule has 0 amide bonds. The first-order valence-corrected chi connectivity index (χ1v) is 9.72. The Morgan fingerprint density at radius 2 is 2.04 bits per heavy atom. The molecular formula is C21H23ClN2O3S. The number of anilines is 1. The van der Waals surface area contributed by atoms with E-state index in [4.69, 9.17) is 33.3 Å². The van der Waals surface area contributed by atoms with E-state index < -0.39 is 5.97 Å². The van der Waals surface area contributed by atoms with Crippen LogP contribution in [0.4, 0.5) is 5.69 Å². The summed E-state index contributed by atoms with van der Waals surface area (Å²) in [5.74, 6) is 0.419. The van der Waals surface area contributed by atoms with Gasteiger partial charge in [0.15, 0.2) is 5.11 Å². The molecule has 0 aromatic heterocycles. The Morgan fingerprint density at radius 1 is 1.29 bits per heavy atom. The van der Waals surface area contributed by atoms with E-state index in [0.717, 1.165) is 23.3 Å². The van der Waals surface area contributed by atoms with Gasteiger partial charge in [0.2, 0.25) is 0 Å². The lowest BCUT2D eigenvalue weighted by Gasteiger charge is -2.38. The molecule has 0 saturated heterocycles. The zero-order chi connectivity index (χ0) is 20.5. The second kappa shape index (κ2) is 7.97. The summed E-state index contributed by atoms with van der Waals surface area (Å²) in [5, 5.41) is 7.33. The van der Waals surface area contributed by atoms with Crippen molar-refractivity contribution in [1.82, 2.24) is 5.32 Å². The van der Waals surface area contributed by atoms with Gasteiger partial charge in [0.05, 0.1) is 29.4 Å². The van der Waals surface area contributed by atoms with Crippen molar-refractivity contribution in [1.29, 1.82) is 0 Å². The zero-order valence-electron chi connectivity index (χ0n) is 16.3. The molecule has 0 saturated carbocycles. The van der Waals surface area contributed by atoms with Crippen molar-refractivity contribution in [2.45, 2.75) is 38.8 Å². The zero-order valence-corrected chi connectivity index (χ0v) is 17.8. The molecule has 7 heteroatoms. The highest BCUT2D eigenvalue weighted by Crippen LogP contribution is 2.40. The maximum Gasteiger partial charge on any atom is 0.337 e. The molecule has 1 aliphatic rings. The third kappa shape index (κ3) is 4.56. The van der Waals surface area contributed by atoms with Crippen LogP contribution >= 0.6 is 23.8 Å². The number of fused-ring (bicyclic) bond motifs is 1. The molecule has 148 valence electrons. The number of hydrogen-bond acceptors (Lipinski definition) is 4. The number of rotatable bonds is 3. The van der Waals surface area contributed by atoms with Gasteiger partial charge in [0.25, 0.3) is 0 Å². The van der Waals surface area contributed by atoms with Gasteiger partial charge in [-0.25, -0.2) is 4.79 Å². The van der Waals surface area contributed by atoms with Crippen molar-refractivity contribution in [3.63, 3.8) is 0 Å². The highest BCUT2D eigenvalue weighted by Gasteiger charge is 2.34. The average Bonchev–Trinajstić information content (AvgIpc) is 2.62. The molecule has 2 N–H and O–H groups in total. The molecule has 2 aromatic carbocycles. The Morgan fingerprint density at radius 3 is 2.75 bits per heavy atom. The third-order valence-electron chi connectivity index (χ3n) is 4.56. The van der Waals surface area contributed by atoms with Crippen LogP contribution in [0, 0.1) is 6.92 Å². The van der Waals surface area contributed by atoms with Gasteiger partial charge in [-0.05, 0) is 57.3 Å². The van der Waals surface area contributed by atoms with Crippen LogP contribution in [-0.2, 0) is 4.74 Å². The number of benzene rings is 2. The van der Waals surface area contributed by atoms with Gasteiger partial charge in [0, 0.05) is 12.0 Å². The van der Waals surface area contributed by atoms with Crippen molar-refractivity contribution < 1.29 is 14.3 Å². The predicted molar refractivity (Wildman–Crippen MR) is 115 cm³/mol. The summed E-state index contributed by atoms with van der Waals surface area (Å²) < 4.78 is 10.9. The maximum atomic E-state index is 11.8. The number of methoxy groups -OCH3 is 1. The van der Waals surface area contributed by atoms with Crippen molar-refractivity contribution >= 4 is 40.6 Å². The number of halogens is 1. The molecular weight excluding hydrogens is 396 g/mol. The summed E-state index contributed by atoms with van der Waals surface area (Å²) in [6, 6.07) is 11.0. The quantitative estimate of drug-likeness (QED) is 0.539. The van der Waals surface area contributed by atoms with Crippen molar-refractivity contribution in [2.24, 2.45) is 0 Å². The molecule has 0 spiro atoms. The number of carbonyl (C=O) groups is 1. The molecule has 0 fully saturated rings. The molecule has 0 radical (unpaired) electrons. The highest BCUT2D eigenvalue weighted by molar-refractivity contribution is 7.80. The fraction of sp³-hybridized carbons (Fsp3) is 0.333. The molecule has 28 heavy (non-hydrogen) atoms. The summed E-state index contributed by atoms with van der Waals surface area (Å²) in [7, 11) is 1.34. The number of aryl methyl sites for hydroxylation is 1. The van der Waals surface area contributed by atoms with Crippen molar-refractivity contribution in [3.05, 3.63) is 58.1 Å². The molecule has 1 atom stereocenters. The normalized spacial score (nSPS) is 17.1. The van der Waals surface area contributed by atoms with E-state index in [1.54, 1.807) is 18.2 Å². The van der Waals surface area contributed by atoms with E-state index in [2.05, 4.69) is 30.5 Å². The van der Waals surface area contributed by atoms with Crippen LogP contribution < -0.4 is 15.4 Å². The molecule has 1 aliphatic heterocycles. The summed E-state index contributed by atoms with van der Waals surface area (Å²) in [4.78, 5) is 11.8. The van der Waals surface area contributed by atoms with E-state index in [1.807, 2.05) is 19.1 Å². The molecule has 1 heterocycles. The van der Waals surface area contributed by atoms with Gasteiger partial charge in [-0.1, -0.05) is 29.3 Å². The maximum absolute atomic E-state index is 11.8. The van der Waals surface area contributed by atoms with Crippen LogP contribution in [0.5, 0.6) is 5.75 Å². The van der Waals surface area contributed by atoms with E-state index in [0.29, 0.717) is 21.4 Å². The second-order valence-corrected chi connectivity index (χ2v) is 8.26. The van der Waals surface area contributed by atoms with Gasteiger partial charge in [0.1, 0.15) is 11.4 Å². The summed E-state index contributed by atoms with van der Waals surface area (Å²) in [6.45, 7) is 6.15. The Kier molecular flexibility index (Phi) is 5.82. The first-order valence-electron chi connectivity index (χ1n) is 8.93. The number of esters is 1. The highest BCUT2D eigenvalue weighted by atomic mass is 35.5. The molecule has 3 rings (SSSR count). The fourth-order valence-corrected chi connectivity index (χ4v) is 3.70. The molecule has 0 unspecified atom stereocenters. The fourth-order valence-electron chi connectivity index (χ4n) is 3.29. The SMILES string of the molecule is COC(=O)c1ccc(Cl)c(NC(=S)N[C@H]2CC(C)(C)Oc3ccc(C)cc32)c1. The Bertz CT molecular complexity index is 930. The minimum Gasteiger partial charge on any atom is -0.487 e. The van der Waals surface area contributed by atoms with Crippen molar-refractivity contribution in [2.75, 3.05) is 12.4 Å². The Hall–Kier alpha value is -2.31. The lowest BCUT2D eigenvalue weighted by atomic mass is 9.89. The smallest absolute Gasteiger partial charge is 0.337 e. The summed E-state index contributed by atoms with van der Waals surface area (Å²) >= 11 is 11.8. The minimum absolute atomic E-state index is 0.0128. The third-order valence-corrected chi connectivity index (χ3v) is 5.11. The van der Waals surface area contributed by atoms with Gasteiger partial charge in [-0.15, -0.1) is 0 Å². The number of ether oxygens (including phenoxy) is 2. The number of hydrogen-bond donors (Lipinski definition) is 2. The summed E-state index contributed by atoms with van der Waals surface area (Å²) in [6.07, 6.45) is 0.751. The number of carbonyl (C=O) groups excluding carboxylic acids is 1. The van der Waals surface area contributed by atoms with Crippen LogP contribution in [0.3, 0.4) is 0 Å². The Labute approximate surface area is 175 Å². The standard InChI is InChI=1S/C21H23ClN2O3S/c1-12-5-8-18-14(9-12)17(11-21(2,3)27-18)24-20(28)23-16-10-13(19(25)26-4)6-7-15(16)22/h5-10,17H,11H2,1-4H3,(H2,23,24,28)/t17-/m0/s1. The summed E-state index contributed by atoms with van der Waals surface area (Å²) in [5.41, 5.74) is 2.83. The Balaban J connectivity index is 1.80. The van der Waals surface area contributed by atoms with E-state index in [-0.39, 0.29) is 11.6 Å². The van der Waals surface area contributed by atoms with Gasteiger partial charge in [-0.3, -0.25) is 0 Å². The van der Waals surface area contributed by atoms with Crippen LogP contribution in [-0.4, -0.2) is 23.8 Å². The lowest BCUT2D eigenvalue weighted by molar-refractivity contribution is 0.0600. The van der Waals surface area contributed by atoms with Crippen LogP contribution in [0.2, 0.25) is 5.02 Å². The van der Waals surface area contributed by atoms with Crippen LogP contribution in [0.1, 0.15) is 47.8 Å². The van der Waals surface area contributed by atoms with Gasteiger partial charge < -0.3 is 20.1 Å². The monoisotopic (exact) mass is 418 g/mol. The second-order valence-electron chi connectivity index (χ2n) is 7.44. The lowest BCUT2D eigenvalue weighted by Crippen LogP contribution is -2.42. The minimum atomic E-state index is -0.436. The van der Waals surface area contributed by atoms with E-state index in [9.17, 15) is 4.79 Å². The predicted octanol–water partition coefficient (Wildman–Crippen LogP) is 5.02. The first kappa shape index (κ1) is 20.4. The largest absolute Gasteiger partial charge is 0.487 e. The molecule has 0 aliphatic carbocycles. The molecule has 0 bridgehead atoms. The van der Waals surface area contributed by atoms with Gasteiger partial charge >= 0.3 is 5.97 Å². The van der Waals surface area contributed by atoms with Crippen molar-refractivity contribution in [3.8, 4) is 5.75 Å². The first-order chi connectivity index (χ1) is 13.2. The average molecular weight is 419 g/mol. The van der Waals surface area contributed by atoms with E-state index >= 15 is 0 Å². The van der Waals surface area contributed by atoms with Crippen LogP contribution in [0.15, 0.2) is 36.4 Å².